The Bertz CT molecular complexity index is 1160. The first-order valence-corrected chi connectivity index (χ1v) is 13.3. The van der Waals surface area contributed by atoms with Crippen molar-refractivity contribution in [2.45, 2.75) is 33.2 Å². The summed E-state index contributed by atoms with van der Waals surface area (Å²) in [6, 6.07) is 7.90. The van der Waals surface area contributed by atoms with Crippen LogP contribution in [-0.4, -0.2) is 64.3 Å². The molecule has 0 saturated carbocycles. The molecule has 0 N–H and O–H groups in total. The van der Waals surface area contributed by atoms with Crippen molar-refractivity contribution in [2.75, 3.05) is 37.6 Å². The van der Waals surface area contributed by atoms with Crippen LogP contribution in [0.25, 0.3) is 0 Å². The Morgan fingerprint density at radius 2 is 1.89 bits per heavy atom. The number of anilines is 1. The van der Waals surface area contributed by atoms with Gasteiger partial charge in [-0.15, -0.1) is 11.3 Å². The zero-order valence-corrected chi connectivity index (χ0v) is 21.6. The molecule has 2 aromatic heterocycles. The van der Waals surface area contributed by atoms with Crippen LogP contribution in [0.5, 0.6) is 0 Å². The van der Waals surface area contributed by atoms with Crippen LogP contribution < -0.4 is 4.90 Å². The molecule has 0 radical (unpaired) electrons. The van der Waals surface area contributed by atoms with E-state index in [2.05, 4.69) is 28.7 Å². The van der Waals surface area contributed by atoms with E-state index >= 15 is 0 Å². The minimum absolute atomic E-state index is 0.185. The number of halogens is 1. The SMILES string of the molecule is CC(C)CN1CCCN(C(=O)c2cscn2)Cc2cc(F)ccc2N(C(=O)c2cccnc2)CCC1. The predicted molar refractivity (Wildman–Crippen MR) is 140 cm³/mol. The summed E-state index contributed by atoms with van der Waals surface area (Å²) in [5.74, 6) is -0.286. The van der Waals surface area contributed by atoms with Gasteiger partial charge in [-0.2, -0.15) is 0 Å². The first-order chi connectivity index (χ1) is 17.4. The molecule has 2 amide bonds. The molecule has 1 aliphatic heterocycles. The van der Waals surface area contributed by atoms with Crippen LogP contribution in [0.2, 0.25) is 0 Å². The van der Waals surface area contributed by atoms with Gasteiger partial charge in [0, 0.05) is 49.6 Å². The summed E-state index contributed by atoms with van der Waals surface area (Å²) in [5, 5.41) is 1.73. The number of hydrogen-bond acceptors (Lipinski definition) is 6. The fourth-order valence-corrected chi connectivity index (χ4v) is 5.13. The number of rotatable bonds is 4. The summed E-state index contributed by atoms with van der Waals surface area (Å²) in [6.07, 6.45) is 4.75. The van der Waals surface area contributed by atoms with Gasteiger partial charge in [0.05, 0.1) is 11.1 Å². The topological polar surface area (TPSA) is 69.6 Å². The van der Waals surface area contributed by atoms with E-state index in [0.717, 1.165) is 32.5 Å². The number of pyridine rings is 1. The molecule has 4 rings (SSSR count). The van der Waals surface area contributed by atoms with Crippen LogP contribution >= 0.6 is 11.3 Å². The quantitative estimate of drug-likeness (QED) is 0.509. The van der Waals surface area contributed by atoms with Gasteiger partial charge < -0.3 is 14.7 Å². The van der Waals surface area contributed by atoms with E-state index in [4.69, 9.17) is 0 Å². The monoisotopic (exact) mass is 509 g/mol. The van der Waals surface area contributed by atoms with Gasteiger partial charge in [0.2, 0.25) is 0 Å². The van der Waals surface area contributed by atoms with Gasteiger partial charge in [-0.25, -0.2) is 9.37 Å². The number of thiazole rings is 1. The van der Waals surface area contributed by atoms with Gasteiger partial charge in [0.25, 0.3) is 11.8 Å². The summed E-state index contributed by atoms with van der Waals surface area (Å²) in [5.41, 5.74) is 3.69. The average Bonchev–Trinajstić information content (AvgIpc) is 3.40. The van der Waals surface area contributed by atoms with Gasteiger partial charge >= 0.3 is 0 Å². The molecule has 0 fully saturated rings. The minimum atomic E-state index is -0.404. The van der Waals surface area contributed by atoms with Gasteiger partial charge in [-0.3, -0.25) is 14.6 Å². The molecular weight excluding hydrogens is 477 g/mol. The fraction of sp³-hybridized carbons (Fsp3) is 0.407. The third-order valence-corrected chi connectivity index (χ3v) is 6.75. The number of carbonyl (C=O) groups is 2. The van der Waals surface area contributed by atoms with E-state index in [0.29, 0.717) is 41.5 Å². The van der Waals surface area contributed by atoms with Crippen LogP contribution in [0.3, 0.4) is 0 Å². The molecule has 1 aromatic carbocycles. The van der Waals surface area contributed by atoms with E-state index in [1.165, 1.54) is 23.5 Å². The highest BCUT2D eigenvalue weighted by Crippen LogP contribution is 2.27. The number of fused-ring (bicyclic) bond motifs is 1. The van der Waals surface area contributed by atoms with Gasteiger partial charge in [0.1, 0.15) is 11.5 Å². The fourth-order valence-electron chi connectivity index (χ4n) is 4.61. The highest BCUT2D eigenvalue weighted by molar-refractivity contribution is 7.07. The van der Waals surface area contributed by atoms with E-state index in [-0.39, 0.29) is 18.4 Å². The molecule has 0 bridgehead atoms. The minimum Gasteiger partial charge on any atom is -0.333 e. The number of carbonyl (C=O) groups excluding carboxylic acids is 2. The summed E-state index contributed by atoms with van der Waals surface area (Å²) in [4.78, 5) is 41.1. The number of nitrogens with zero attached hydrogens (tertiary/aromatic N) is 5. The zero-order valence-electron chi connectivity index (χ0n) is 20.8. The molecule has 0 spiro atoms. The van der Waals surface area contributed by atoms with Crippen LogP contribution in [0.15, 0.2) is 53.6 Å². The van der Waals surface area contributed by atoms with E-state index < -0.39 is 5.82 Å². The van der Waals surface area contributed by atoms with Gasteiger partial charge in [0.15, 0.2) is 0 Å². The third-order valence-electron chi connectivity index (χ3n) is 6.17. The molecule has 1 aliphatic rings. The zero-order chi connectivity index (χ0) is 25.5. The van der Waals surface area contributed by atoms with Crippen molar-refractivity contribution in [3.05, 3.63) is 76.3 Å². The molecule has 7 nitrogen and oxygen atoms in total. The predicted octanol–water partition coefficient (Wildman–Crippen LogP) is 4.72. The van der Waals surface area contributed by atoms with Crippen LogP contribution in [0, 0.1) is 11.7 Å². The Labute approximate surface area is 215 Å². The molecule has 0 saturated heterocycles. The van der Waals surface area contributed by atoms with Crippen molar-refractivity contribution in [3.8, 4) is 0 Å². The van der Waals surface area contributed by atoms with Crippen molar-refractivity contribution in [1.29, 1.82) is 0 Å². The Kier molecular flexibility index (Phi) is 8.77. The normalized spacial score (nSPS) is 15.8. The van der Waals surface area contributed by atoms with E-state index in [9.17, 15) is 14.0 Å². The maximum absolute atomic E-state index is 14.4. The van der Waals surface area contributed by atoms with Gasteiger partial charge in [-0.1, -0.05) is 13.8 Å². The third kappa shape index (κ3) is 6.53. The average molecular weight is 510 g/mol. The molecule has 3 heterocycles. The Morgan fingerprint density at radius 1 is 1.08 bits per heavy atom. The van der Waals surface area contributed by atoms with Crippen LogP contribution in [-0.2, 0) is 6.54 Å². The van der Waals surface area contributed by atoms with Crippen LogP contribution in [0.4, 0.5) is 10.1 Å². The van der Waals surface area contributed by atoms with Crippen molar-refractivity contribution in [1.82, 2.24) is 19.8 Å². The summed E-state index contributed by atoms with van der Waals surface area (Å²) >= 11 is 1.37. The Hall–Kier alpha value is -3.17. The van der Waals surface area contributed by atoms with E-state index in [1.54, 1.807) is 51.3 Å². The molecule has 0 aliphatic carbocycles. The molecule has 3 aromatic rings. The lowest BCUT2D eigenvalue weighted by molar-refractivity contribution is 0.0728. The summed E-state index contributed by atoms with van der Waals surface area (Å²) in [7, 11) is 0. The lowest BCUT2D eigenvalue weighted by Gasteiger charge is -2.32. The number of hydrogen-bond donors (Lipinski definition) is 0. The lowest BCUT2D eigenvalue weighted by atomic mass is 10.1. The first kappa shape index (κ1) is 25.9. The second-order valence-electron chi connectivity index (χ2n) is 9.47. The van der Waals surface area contributed by atoms with E-state index in [1.807, 2.05) is 0 Å². The second kappa shape index (κ2) is 12.2. The molecule has 36 heavy (non-hydrogen) atoms. The van der Waals surface area contributed by atoms with Crippen molar-refractivity contribution < 1.29 is 14.0 Å². The second-order valence-corrected chi connectivity index (χ2v) is 10.2. The summed E-state index contributed by atoms with van der Waals surface area (Å²) in [6.45, 7) is 8.16. The van der Waals surface area contributed by atoms with Crippen LogP contribution in [0.1, 0.15) is 53.1 Å². The standard InChI is InChI=1S/C27H32FN5O2S/c1-20(2)16-31-10-4-12-32(27(35)24-18-36-19-30-24)17-22-14-23(28)7-8-25(22)33(13-5-11-31)26(34)21-6-3-9-29-15-21/h3,6-9,14-15,18-20H,4-5,10-13,16-17H2,1-2H3. The molecular formula is C27H32FN5O2S. The number of aromatic nitrogens is 2. The molecule has 0 unspecified atom stereocenters. The molecule has 9 heteroatoms. The highest BCUT2D eigenvalue weighted by Gasteiger charge is 2.25. The number of benzene rings is 1. The largest absolute Gasteiger partial charge is 0.333 e. The highest BCUT2D eigenvalue weighted by atomic mass is 32.1. The Morgan fingerprint density at radius 3 is 2.58 bits per heavy atom. The maximum atomic E-state index is 14.4. The number of amides is 2. The van der Waals surface area contributed by atoms with Crippen molar-refractivity contribution >= 4 is 28.8 Å². The van der Waals surface area contributed by atoms with Crippen molar-refractivity contribution in [3.63, 3.8) is 0 Å². The molecule has 190 valence electrons. The molecule has 0 atom stereocenters. The smallest absolute Gasteiger partial charge is 0.273 e. The maximum Gasteiger partial charge on any atom is 0.273 e. The Balaban J connectivity index is 1.73. The summed E-state index contributed by atoms with van der Waals surface area (Å²) < 4.78 is 14.4. The van der Waals surface area contributed by atoms with Crippen molar-refractivity contribution in [2.24, 2.45) is 5.92 Å². The van der Waals surface area contributed by atoms with Gasteiger partial charge in [-0.05, 0) is 67.7 Å². The first-order valence-electron chi connectivity index (χ1n) is 12.3. The lowest BCUT2D eigenvalue weighted by Crippen LogP contribution is -2.40.